The second-order valence-corrected chi connectivity index (χ2v) is 6.42. The summed E-state index contributed by atoms with van der Waals surface area (Å²) in [6.45, 7) is 0.573. The number of nitrogens with zero attached hydrogens (tertiary/aromatic N) is 2. The smallest absolute Gasteiger partial charge is 0.263 e. The summed E-state index contributed by atoms with van der Waals surface area (Å²) in [6.07, 6.45) is 2.88. The number of hydrogen-bond donors (Lipinski definition) is 0. The minimum absolute atomic E-state index is 0.0645. The number of fused-ring (bicyclic) bond motifs is 2. The van der Waals surface area contributed by atoms with E-state index in [0.717, 1.165) is 18.9 Å². The normalized spacial score (nSPS) is 28.5. The molecular formula is C11H13FN2O3S. The maximum absolute atomic E-state index is 13.6. The van der Waals surface area contributed by atoms with Gasteiger partial charge in [0.25, 0.3) is 10.0 Å². The summed E-state index contributed by atoms with van der Waals surface area (Å²) >= 11 is 0. The molecule has 0 radical (unpaired) electrons. The Morgan fingerprint density at radius 2 is 2.00 bits per heavy atom. The summed E-state index contributed by atoms with van der Waals surface area (Å²) in [5, 5.41) is -0.494. The first-order valence-electron chi connectivity index (χ1n) is 5.83. The number of hydrogen-bond acceptors (Lipinski definition) is 4. The molecule has 2 bridgehead atoms. The van der Waals surface area contributed by atoms with E-state index in [2.05, 4.69) is 4.98 Å². The third-order valence-corrected chi connectivity index (χ3v) is 5.09. The monoisotopic (exact) mass is 272 g/mol. The van der Waals surface area contributed by atoms with Crippen LogP contribution in [-0.2, 0) is 14.8 Å². The SMILES string of the molecule is O=S(=O)(c1ncccc1F)N1CC2CCC(C1)O2. The van der Waals surface area contributed by atoms with Crippen LogP contribution in [0.3, 0.4) is 0 Å². The van der Waals surface area contributed by atoms with E-state index in [1.165, 1.54) is 16.6 Å². The predicted octanol–water partition coefficient (Wildman–Crippen LogP) is 0.773. The molecule has 18 heavy (non-hydrogen) atoms. The van der Waals surface area contributed by atoms with Crippen LogP contribution in [0.1, 0.15) is 12.8 Å². The van der Waals surface area contributed by atoms with Gasteiger partial charge in [0.05, 0.1) is 12.2 Å². The lowest BCUT2D eigenvalue weighted by molar-refractivity contribution is -0.0115. The van der Waals surface area contributed by atoms with Crippen LogP contribution < -0.4 is 0 Å². The molecule has 0 saturated carbocycles. The lowest BCUT2D eigenvalue weighted by Gasteiger charge is -2.30. The van der Waals surface area contributed by atoms with E-state index < -0.39 is 20.9 Å². The molecule has 0 aromatic carbocycles. The highest BCUT2D eigenvalue weighted by Gasteiger charge is 2.40. The van der Waals surface area contributed by atoms with Gasteiger partial charge in [-0.25, -0.2) is 17.8 Å². The van der Waals surface area contributed by atoms with Crippen LogP contribution in [0, 0.1) is 5.82 Å². The van der Waals surface area contributed by atoms with Gasteiger partial charge in [-0.05, 0) is 25.0 Å². The number of ether oxygens (including phenoxy) is 1. The van der Waals surface area contributed by atoms with E-state index in [1.54, 1.807) is 0 Å². The largest absolute Gasteiger partial charge is 0.372 e. The van der Waals surface area contributed by atoms with Gasteiger partial charge in [0.2, 0.25) is 5.03 Å². The highest BCUT2D eigenvalue weighted by molar-refractivity contribution is 7.89. The lowest BCUT2D eigenvalue weighted by Crippen LogP contribution is -2.46. The minimum atomic E-state index is -3.85. The van der Waals surface area contributed by atoms with Crippen LogP contribution in [0.5, 0.6) is 0 Å². The van der Waals surface area contributed by atoms with Crippen molar-refractivity contribution >= 4 is 10.0 Å². The third-order valence-electron chi connectivity index (χ3n) is 3.32. The summed E-state index contributed by atoms with van der Waals surface area (Å²) in [5.74, 6) is -0.809. The minimum Gasteiger partial charge on any atom is -0.372 e. The molecule has 0 amide bonds. The predicted molar refractivity (Wildman–Crippen MR) is 60.8 cm³/mol. The van der Waals surface area contributed by atoms with Crippen LogP contribution in [-0.4, -0.2) is 43.0 Å². The van der Waals surface area contributed by atoms with Gasteiger partial charge >= 0.3 is 0 Å². The highest BCUT2D eigenvalue weighted by atomic mass is 32.2. The zero-order valence-electron chi connectivity index (χ0n) is 9.62. The van der Waals surface area contributed by atoms with Crippen molar-refractivity contribution in [2.45, 2.75) is 30.1 Å². The molecule has 1 aromatic heterocycles. The van der Waals surface area contributed by atoms with Crippen LogP contribution in [0.25, 0.3) is 0 Å². The van der Waals surface area contributed by atoms with Crippen molar-refractivity contribution in [3.8, 4) is 0 Å². The molecule has 2 atom stereocenters. The molecule has 2 fully saturated rings. The Morgan fingerprint density at radius 3 is 2.61 bits per heavy atom. The average Bonchev–Trinajstić information content (AvgIpc) is 2.68. The molecule has 7 heteroatoms. The van der Waals surface area contributed by atoms with Gasteiger partial charge in [0.1, 0.15) is 0 Å². The average molecular weight is 272 g/mol. The van der Waals surface area contributed by atoms with Crippen LogP contribution in [0.15, 0.2) is 23.4 Å². The molecule has 2 saturated heterocycles. The lowest BCUT2D eigenvalue weighted by atomic mass is 10.2. The van der Waals surface area contributed by atoms with Crippen molar-refractivity contribution in [1.29, 1.82) is 0 Å². The highest BCUT2D eigenvalue weighted by Crippen LogP contribution is 2.29. The Morgan fingerprint density at radius 1 is 1.33 bits per heavy atom. The maximum atomic E-state index is 13.6. The summed E-state index contributed by atoms with van der Waals surface area (Å²) in [7, 11) is -3.85. The van der Waals surface area contributed by atoms with Crippen molar-refractivity contribution in [1.82, 2.24) is 9.29 Å². The number of rotatable bonds is 2. The number of aromatic nitrogens is 1. The molecular weight excluding hydrogens is 259 g/mol. The molecule has 0 spiro atoms. The molecule has 0 N–H and O–H groups in total. The Bertz CT molecular complexity index is 551. The van der Waals surface area contributed by atoms with Gasteiger partial charge in [-0.3, -0.25) is 0 Å². The van der Waals surface area contributed by atoms with Crippen LogP contribution >= 0.6 is 0 Å². The molecule has 3 heterocycles. The molecule has 3 rings (SSSR count). The van der Waals surface area contributed by atoms with E-state index in [0.29, 0.717) is 0 Å². The summed E-state index contributed by atoms with van der Waals surface area (Å²) in [4.78, 5) is 3.65. The molecule has 0 aliphatic carbocycles. The molecule has 5 nitrogen and oxygen atoms in total. The van der Waals surface area contributed by atoms with E-state index in [1.807, 2.05) is 0 Å². The van der Waals surface area contributed by atoms with Gasteiger partial charge in [-0.2, -0.15) is 4.31 Å². The second kappa shape index (κ2) is 4.25. The number of halogens is 1. The Labute approximate surface area is 105 Å². The topological polar surface area (TPSA) is 59.5 Å². The van der Waals surface area contributed by atoms with Gasteiger partial charge in [0, 0.05) is 19.3 Å². The van der Waals surface area contributed by atoms with Gasteiger partial charge in [0.15, 0.2) is 5.82 Å². The summed E-state index contributed by atoms with van der Waals surface area (Å²) in [5.41, 5.74) is 0. The molecule has 2 unspecified atom stereocenters. The summed E-state index contributed by atoms with van der Waals surface area (Å²) in [6, 6.07) is 2.48. The fourth-order valence-corrected chi connectivity index (χ4v) is 3.94. The van der Waals surface area contributed by atoms with Gasteiger partial charge < -0.3 is 4.74 Å². The van der Waals surface area contributed by atoms with E-state index in [-0.39, 0.29) is 25.3 Å². The first-order valence-corrected chi connectivity index (χ1v) is 7.27. The van der Waals surface area contributed by atoms with Crippen LogP contribution in [0.2, 0.25) is 0 Å². The van der Waals surface area contributed by atoms with Crippen molar-refractivity contribution < 1.29 is 17.5 Å². The number of morpholine rings is 1. The standard InChI is InChI=1S/C11H13FN2O3S/c12-10-2-1-5-13-11(10)18(15,16)14-6-8-3-4-9(7-14)17-8/h1-2,5,8-9H,3-4,6-7H2. The van der Waals surface area contributed by atoms with E-state index in [4.69, 9.17) is 4.74 Å². The van der Waals surface area contributed by atoms with E-state index in [9.17, 15) is 12.8 Å². The second-order valence-electron chi connectivity index (χ2n) is 4.57. The third kappa shape index (κ3) is 1.92. The fraction of sp³-hybridized carbons (Fsp3) is 0.545. The molecule has 98 valence electrons. The Hall–Kier alpha value is -1.05. The fourth-order valence-electron chi connectivity index (χ4n) is 2.46. The maximum Gasteiger partial charge on any atom is 0.263 e. The molecule has 2 aliphatic rings. The summed E-state index contributed by atoms with van der Waals surface area (Å²) < 4.78 is 45.0. The first-order chi connectivity index (χ1) is 8.57. The zero-order chi connectivity index (χ0) is 12.8. The van der Waals surface area contributed by atoms with Gasteiger partial charge in [-0.15, -0.1) is 0 Å². The zero-order valence-corrected chi connectivity index (χ0v) is 10.4. The van der Waals surface area contributed by atoms with Gasteiger partial charge in [-0.1, -0.05) is 0 Å². The first kappa shape index (κ1) is 12.0. The molecule has 1 aromatic rings. The van der Waals surface area contributed by atoms with E-state index >= 15 is 0 Å². The number of pyridine rings is 1. The quantitative estimate of drug-likeness (QED) is 0.798. The van der Waals surface area contributed by atoms with Crippen molar-refractivity contribution in [2.24, 2.45) is 0 Å². The Balaban J connectivity index is 1.94. The molecule has 2 aliphatic heterocycles. The number of sulfonamides is 1. The Kier molecular flexibility index (Phi) is 2.84. The van der Waals surface area contributed by atoms with Crippen LogP contribution in [0.4, 0.5) is 4.39 Å². The van der Waals surface area contributed by atoms with Crippen molar-refractivity contribution in [2.75, 3.05) is 13.1 Å². The van der Waals surface area contributed by atoms with Crippen molar-refractivity contribution in [3.63, 3.8) is 0 Å². The van der Waals surface area contributed by atoms with Crippen molar-refractivity contribution in [3.05, 3.63) is 24.1 Å².